The van der Waals surface area contributed by atoms with Gasteiger partial charge in [-0.1, -0.05) is 23.7 Å². The number of nitrogens with zero attached hydrogens (tertiary/aromatic N) is 1. The quantitative estimate of drug-likeness (QED) is 0.685. The number of carbonyl (C=O) groups is 1. The molecule has 0 aliphatic rings. The van der Waals surface area contributed by atoms with Crippen molar-refractivity contribution >= 4 is 28.9 Å². The van der Waals surface area contributed by atoms with Gasteiger partial charge in [0.2, 0.25) is 0 Å². The highest BCUT2D eigenvalue weighted by molar-refractivity contribution is 6.34. The van der Waals surface area contributed by atoms with Crippen molar-refractivity contribution < 1.29 is 9.72 Å². The molecule has 0 unspecified atom stereocenters. The Bertz CT molecular complexity index is 729. The molecule has 108 valence electrons. The van der Waals surface area contributed by atoms with Crippen molar-refractivity contribution in [2.45, 2.75) is 13.8 Å². The normalized spacial score (nSPS) is 10.2. The van der Waals surface area contributed by atoms with E-state index < -0.39 is 10.8 Å². The number of nitro benzene ring substituents is 1. The Morgan fingerprint density at radius 1 is 1.19 bits per heavy atom. The molecule has 0 saturated heterocycles. The summed E-state index contributed by atoms with van der Waals surface area (Å²) < 4.78 is 0. The summed E-state index contributed by atoms with van der Waals surface area (Å²) in [5, 5.41) is 13.5. The Morgan fingerprint density at radius 3 is 2.52 bits per heavy atom. The van der Waals surface area contributed by atoms with Crippen molar-refractivity contribution in [3.8, 4) is 0 Å². The van der Waals surface area contributed by atoms with Gasteiger partial charge in [0.15, 0.2) is 0 Å². The number of non-ortho nitro benzene ring substituents is 1. The number of nitrogens with one attached hydrogen (secondary N) is 1. The van der Waals surface area contributed by atoms with Crippen molar-refractivity contribution in [2.75, 3.05) is 5.32 Å². The van der Waals surface area contributed by atoms with E-state index in [-0.39, 0.29) is 16.3 Å². The van der Waals surface area contributed by atoms with E-state index in [4.69, 9.17) is 11.6 Å². The third-order valence-corrected chi connectivity index (χ3v) is 3.36. The minimum absolute atomic E-state index is 0.0482. The fraction of sp³-hybridized carbons (Fsp3) is 0.133. The SMILES string of the molecule is Cc1ccc(C)c(NC(=O)c2ccc([N+](=O)[O-])cc2Cl)c1. The first-order valence-corrected chi connectivity index (χ1v) is 6.59. The van der Waals surface area contributed by atoms with Crippen LogP contribution in [0.1, 0.15) is 21.5 Å². The molecule has 6 heteroatoms. The third kappa shape index (κ3) is 3.38. The summed E-state index contributed by atoms with van der Waals surface area (Å²) in [7, 11) is 0. The molecule has 0 radical (unpaired) electrons. The smallest absolute Gasteiger partial charge is 0.270 e. The summed E-state index contributed by atoms with van der Waals surface area (Å²) in [5.41, 5.74) is 2.68. The summed E-state index contributed by atoms with van der Waals surface area (Å²) >= 11 is 5.94. The van der Waals surface area contributed by atoms with Gasteiger partial charge in [-0.2, -0.15) is 0 Å². The molecule has 0 saturated carbocycles. The predicted molar refractivity (Wildman–Crippen MR) is 82.0 cm³/mol. The summed E-state index contributed by atoms with van der Waals surface area (Å²) in [4.78, 5) is 22.3. The van der Waals surface area contributed by atoms with Crippen LogP contribution < -0.4 is 5.32 Å². The zero-order chi connectivity index (χ0) is 15.6. The number of amides is 1. The Kier molecular flexibility index (Phi) is 4.23. The minimum atomic E-state index is -0.557. The van der Waals surface area contributed by atoms with E-state index >= 15 is 0 Å². The zero-order valence-electron chi connectivity index (χ0n) is 11.5. The van der Waals surface area contributed by atoms with E-state index in [0.717, 1.165) is 11.1 Å². The molecule has 0 spiro atoms. The van der Waals surface area contributed by atoms with Gasteiger partial charge < -0.3 is 5.32 Å². The van der Waals surface area contributed by atoms with Crippen molar-refractivity contribution in [2.24, 2.45) is 0 Å². The first-order chi connectivity index (χ1) is 9.88. The van der Waals surface area contributed by atoms with Crippen LogP contribution in [0.4, 0.5) is 11.4 Å². The maximum atomic E-state index is 12.2. The molecule has 21 heavy (non-hydrogen) atoms. The van der Waals surface area contributed by atoms with Crippen LogP contribution in [-0.2, 0) is 0 Å². The summed E-state index contributed by atoms with van der Waals surface area (Å²) in [6.45, 7) is 3.81. The second-order valence-corrected chi connectivity index (χ2v) is 5.10. The molecule has 5 nitrogen and oxygen atoms in total. The molecule has 2 rings (SSSR count). The van der Waals surface area contributed by atoms with Gasteiger partial charge in [0, 0.05) is 17.8 Å². The molecule has 0 fully saturated rings. The third-order valence-electron chi connectivity index (χ3n) is 3.05. The minimum Gasteiger partial charge on any atom is -0.322 e. The summed E-state index contributed by atoms with van der Waals surface area (Å²) in [6.07, 6.45) is 0. The van der Waals surface area contributed by atoms with Gasteiger partial charge in [0.1, 0.15) is 0 Å². The highest BCUT2D eigenvalue weighted by atomic mass is 35.5. The van der Waals surface area contributed by atoms with Gasteiger partial charge in [-0.05, 0) is 37.1 Å². The monoisotopic (exact) mass is 304 g/mol. The van der Waals surface area contributed by atoms with Gasteiger partial charge in [0.25, 0.3) is 11.6 Å². The van der Waals surface area contributed by atoms with E-state index in [2.05, 4.69) is 5.32 Å². The second-order valence-electron chi connectivity index (χ2n) is 4.69. The van der Waals surface area contributed by atoms with Crippen LogP contribution >= 0.6 is 11.6 Å². The second kappa shape index (κ2) is 5.93. The Balaban J connectivity index is 2.28. The number of aryl methyl sites for hydroxylation is 2. The molecule has 2 aromatic rings. The lowest BCUT2D eigenvalue weighted by Gasteiger charge is -2.10. The molecular weight excluding hydrogens is 292 g/mol. The van der Waals surface area contributed by atoms with Crippen molar-refractivity contribution in [1.29, 1.82) is 0 Å². The maximum absolute atomic E-state index is 12.2. The molecule has 1 amide bonds. The molecule has 0 aliphatic heterocycles. The van der Waals surface area contributed by atoms with E-state index in [0.29, 0.717) is 5.69 Å². The van der Waals surface area contributed by atoms with Crippen LogP contribution in [-0.4, -0.2) is 10.8 Å². The van der Waals surface area contributed by atoms with Crippen LogP contribution in [0.5, 0.6) is 0 Å². The highest BCUT2D eigenvalue weighted by Crippen LogP contribution is 2.24. The number of nitro groups is 1. The molecule has 0 bridgehead atoms. The lowest BCUT2D eigenvalue weighted by molar-refractivity contribution is -0.384. The van der Waals surface area contributed by atoms with Gasteiger partial charge in [0.05, 0.1) is 15.5 Å². The molecule has 0 aromatic heterocycles. The van der Waals surface area contributed by atoms with Gasteiger partial charge in [-0.15, -0.1) is 0 Å². The number of benzene rings is 2. The van der Waals surface area contributed by atoms with Crippen LogP contribution in [0.15, 0.2) is 36.4 Å². The van der Waals surface area contributed by atoms with Crippen LogP contribution in [0, 0.1) is 24.0 Å². The molecular formula is C15H13ClN2O3. The maximum Gasteiger partial charge on any atom is 0.270 e. The van der Waals surface area contributed by atoms with E-state index in [9.17, 15) is 14.9 Å². The number of rotatable bonds is 3. The number of carbonyl (C=O) groups excluding carboxylic acids is 1. The lowest BCUT2D eigenvalue weighted by atomic mass is 10.1. The van der Waals surface area contributed by atoms with Crippen LogP contribution in [0.2, 0.25) is 5.02 Å². The number of hydrogen-bond acceptors (Lipinski definition) is 3. The Labute approximate surface area is 126 Å². The Hall–Kier alpha value is -2.40. The molecule has 0 heterocycles. The van der Waals surface area contributed by atoms with Crippen molar-refractivity contribution in [3.63, 3.8) is 0 Å². The molecule has 0 aliphatic carbocycles. The number of hydrogen-bond donors (Lipinski definition) is 1. The predicted octanol–water partition coefficient (Wildman–Crippen LogP) is 4.12. The summed E-state index contributed by atoms with van der Waals surface area (Å²) in [6, 6.07) is 9.48. The standard InChI is InChI=1S/C15H13ClN2O3/c1-9-3-4-10(2)14(7-9)17-15(19)12-6-5-11(18(20)21)8-13(12)16/h3-8H,1-2H3,(H,17,19). The largest absolute Gasteiger partial charge is 0.322 e. The van der Waals surface area contributed by atoms with Crippen molar-refractivity contribution in [1.82, 2.24) is 0 Å². The number of halogens is 1. The fourth-order valence-electron chi connectivity index (χ4n) is 1.86. The van der Waals surface area contributed by atoms with Crippen LogP contribution in [0.3, 0.4) is 0 Å². The first kappa shape index (κ1) is 15.0. The van der Waals surface area contributed by atoms with Gasteiger partial charge >= 0.3 is 0 Å². The van der Waals surface area contributed by atoms with Crippen molar-refractivity contribution in [3.05, 3.63) is 68.2 Å². The van der Waals surface area contributed by atoms with Crippen LogP contribution in [0.25, 0.3) is 0 Å². The van der Waals surface area contributed by atoms with E-state index in [1.54, 1.807) is 0 Å². The first-order valence-electron chi connectivity index (χ1n) is 6.21. The van der Waals surface area contributed by atoms with E-state index in [1.165, 1.54) is 18.2 Å². The number of anilines is 1. The average Bonchev–Trinajstić information content (AvgIpc) is 2.42. The van der Waals surface area contributed by atoms with E-state index in [1.807, 2.05) is 32.0 Å². The topological polar surface area (TPSA) is 72.2 Å². The lowest BCUT2D eigenvalue weighted by Crippen LogP contribution is -2.13. The summed E-state index contributed by atoms with van der Waals surface area (Å²) in [5.74, 6) is -0.399. The zero-order valence-corrected chi connectivity index (χ0v) is 12.3. The highest BCUT2D eigenvalue weighted by Gasteiger charge is 2.15. The molecule has 1 N–H and O–H groups in total. The average molecular weight is 305 g/mol. The fourth-order valence-corrected chi connectivity index (χ4v) is 2.12. The van der Waals surface area contributed by atoms with Gasteiger partial charge in [-0.3, -0.25) is 14.9 Å². The van der Waals surface area contributed by atoms with Gasteiger partial charge in [-0.25, -0.2) is 0 Å². The Morgan fingerprint density at radius 2 is 1.90 bits per heavy atom. The molecule has 0 atom stereocenters. The molecule has 2 aromatic carbocycles.